The van der Waals surface area contributed by atoms with Gasteiger partial charge in [0.1, 0.15) is 4.66 Å². The van der Waals surface area contributed by atoms with Gasteiger partial charge in [-0.1, -0.05) is 22.0 Å². The zero-order chi connectivity index (χ0) is 12.3. The van der Waals surface area contributed by atoms with Crippen LogP contribution in [-0.4, -0.2) is 22.9 Å². The van der Waals surface area contributed by atoms with Gasteiger partial charge in [0.25, 0.3) is 0 Å². The van der Waals surface area contributed by atoms with Crippen molar-refractivity contribution in [1.82, 2.24) is 9.78 Å². The lowest BCUT2D eigenvalue weighted by molar-refractivity contribution is 0.606. The average Bonchev–Trinajstić information content (AvgIpc) is 2.82. The molecular weight excluding hydrogens is 306 g/mol. The summed E-state index contributed by atoms with van der Waals surface area (Å²) in [5.41, 5.74) is 1.31. The second kappa shape index (κ2) is 4.89. The third-order valence-corrected chi connectivity index (χ3v) is 4.67. The van der Waals surface area contributed by atoms with Crippen LogP contribution in [-0.2, 0) is 10.0 Å². The predicted molar refractivity (Wildman–Crippen MR) is 69.9 cm³/mol. The van der Waals surface area contributed by atoms with E-state index in [1.54, 1.807) is 41.3 Å². The zero-order valence-corrected chi connectivity index (χ0v) is 11.1. The molecule has 90 valence electrons. The van der Waals surface area contributed by atoms with Crippen molar-refractivity contribution in [2.75, 3.05) is 9.38 Å². The van der Waals surface area contributed by atoms with Crippen LogP contribution in [0.1, 0.15) is 0 Å². The maximum atomic E-state index is 11.4. The van der Waals surface area contributed by atoms with Gasteiger partial charge in [-0.3, -0.25) is 4.72 Å². The number of hydrogen-bond acceptors (Lipinski definition) is 3. The topological polar surface area (TPSA) is 64.0 Å². The average molecular weight is 316 g/mol. The predicted octanol–water partition coefficient (Wildman–Crippen LogP) is 1.97. The Morgan fingerprint density at radius 3 is 2.82 bits per heavy atom. The summed E-state index contributed by atoms with van der Waals surface area (Å²) in [7, 11) is -3.32. The number of nitrogens with zero attached hydrogens (tertiary/aromatic N) is 2. The van der Waals surface area contributed by atoms with E-state index in [1.165, 1.54) is 0 Å². The van der Waals surface area contributed by atoms with Gasteiger partial charge in [0.2, 0.25) is 10.0 Å². The number of sulfonamides is 1. The lowest BCUT2D eigenvalue weighted by Gasteiger charge is -2.07. The Bertz CT molecular complexity index is 596. The van der Waals surface area contributed by atoms with Gasteiger partial charge >= 0.3 is 0 Å². The maximum Gasteiger partial charge on any atom is 0.242 e. The molecule has 7 heteroatoms. The van der Waals surface area contributed by atoms with Crippen molar-refractivity contribution in [2.45, 2.75) is 0 Å². The molecule has 0 atom stereocenters. The molecule has 5 nitrogen and oxygen atoms in total. The number of hydrogen-bond donors (Lipinski definition) is 1. The normalized spacial score (nSPS) is 11.4. The Kier molecular flexibility index (Phi) is 3.49. The summed E-state index contributed by atoms with van der Waals surface area (Å²) in [6.45, 7) is 0. The van der Waals surface area contributed by atoms with E-state index in [-0.39, 0.29) is 4.66 Å². The minimum atomic E-state index is -3.32. The number of alkyl halides is 1. The van der Waals surface area contributed by atoms with Gasteiger partial charge in [-0.2, -0.15) is 5.10 Å². The van der Waals surface area contributed by atoms with Crippen molar-refractivity contribution in [3.8, 4) is 5.69 Å². The second-order valence-corrected chi connectivity index (χ2v) is 6.35. The highest BCUT2D eigenvalue weighted by Crippen LogP contribution is 2.15. The smallest absolute Gasteiger partial charge is 0.242 e. The van der Waals surface area contributed by atoms with Crippen LogP contribution in [0.3, 0.4) is 0 Å². The van der Waals surface area contributed by atoms with Crippen molar-refractivity contribution in [1.29, 1.82) is 0 Å². The van der Waals surface area contributed by atoms with Gasteiger partial charge in [0.05, 0.1) is 11.4 Å². The first-order valence-electron chi connectivity index (χ1n) is 4.77. The number of aromatic nitrogens is 2. The van der Waals surface area contributed by atoms with E-state index in [1.807, 2.05) is 6.07 Å². The van der Waals surface area contributed by atoms with E-state index < -0.39 is 10.0 Å². The van der Waals surface area contributed by atoms with E-state index in [0.29, 0.717) is 5.69 Å². The van der Waals surface area contributed by atoms with Crippen LogP contribution in [0.2, 0.25) is 0 Å². The van der Waals surface area contributed by atoms with Crippen LogP contribution < -0.4 is 4.72 Å². The Hall–Kier alpha value is -1.34. The first-order chi connectivity index (χ1) is 8.11. The first-order valence-corrected chi connectivity index (χ1v) is 7.55. The molecule has 0 amide bonds. The lowest BCUT2D eigenvalue weighted by atomic mass is 10.3. The maximum absolute atomic E-state index is 11.4. The Morgan fingerprint density at radius 1 is 1.35 bits per heavy atom. The van der Waals surface area contributed by atoms with Crippen LogP contribution in [0.5, 0.6) is 0 Å². The van der Waals surface area contributed by atoms with Gasteiger partial charge in [-0.05, 0) is 24.3 Å². The monoisotopic (exact) mass is 315 g/mol. The molecule has 1 aromatic carbocycles. The van der Waals surface area contributed by atoms with E-state index in [2.05, 4.69) is 25.8 Å². The number of halogens is 1. The van der Waals surface area contributed by atoms with E-state index in [9.17, 15) is 8.42 Å². The summed E-state index contributed by atoms with van der Waals surface area (Å²) in [5.74, 6) is 0. The number of anilines is 1. The Labute approximate surface area is 108 Å². The lowest BCUT2D eigenvalue weighted by Crippen LogP contribution is -2.13. The molecule has 0 aliphatic heterocycles. The largest absolute Gasteiger partial charge is 0.283 e. The molecular formula is C10H10BrN3O2S. The molecule has 1 heterocycles. The highest BCUT2D eigenvalue weighted by atomic mass is 79.9. The molecule has 2 aromatic rings. The quantitative estimate of drug-likeness (QED) is 0.877. The molecule has 1 N–H and O–H groups in total. The van der Waals surface area contributed by atoms with Gasteiger partial charge in [0.15, 0.2) is 0 Å². The fourth-order valence-electron chi connectivity index (χ4n) is 1.34. The summed E-state index contributed by atoms with van der Waals surface area (Å²) < 4.78 is 26.8. The van der Waals surface area contributed by atoms with Crippen LogP contribution in [0.4, 0.5) is 5.69 Å². The molecule has 0 aliphatic rings. The molecule has 1 aromatic heterocycles. The minimum absolute atomic E-state index is 0.133. The van der Waals surface area contributed by atoms with Crippen molar-refractivity contribution >= 4 is 31.6 Å². The molecule has 0 bridgehead atoms. The van der Waals surface area contributed by atoms with Gasteiger partial charge < -0.3 is 0 Å². The Morgan fingerprint density at radius 2 is 2.18 bits per heavy atom. The molecule has 0 saturated carbocycles. The van der Waals surface area contributed by atoms with Crippen LogP contribution in [0.15, 0.2) is 42.7 Å². The summed E-state index contributed by atoms with van der Waals surface area (Å²) in [4.78, 5) is 0. The molecule has 0 spiro atoms. The van der Waals surface area contributed by atoms with E-state index in [4.69, 9.17) is 0 Å². The minimum Gasteiger partial charge on any atom is -0.283 e. The standard InChI is InChI=1S/C10H10BrN3O2S/c11-8-17(15,16)13-9-3-1-4-10(7-9)14-6-2-5-12-14/h1-7,13H,8H2. The summed E-state index contributed by atoms with van der Waals surface area (Å²) in [5, 5.41) is 4.07. The fraction of sp³-hybridized carbons (Fsp3) is 0.100. The summed E-state index contributed by atoms with van der Waals surface area (Å²) in [6, 6.07) is 8.82. The molecule has 2 rings (SSSR count). The van der Waals surface area contributed by atoms with Gasteiger partial charge in [-0.25, -0.2) is 13.1 Å². The second-order valence-electron chi connectivity index (χ2n) is 3.33. The SMILES string of the molecule is O=S(=O)(CBr)Nc1cccc(-n2cccn2)c1. The molecule has 0 fully saturated rings. The van der Waals surface area contributed by atoms with Crippen molar-refractivity contribution in [2.24, 2.45) is 0 Å². The third kappa shape index (κ3) is 3.07. The summed E-state index contributed by atoms with van der Waals surface area (Å²) >= 11 is 2.92. The zero-order valence-electron chi connectivity index (χ0n) is 8.75. The molecule has 0 saturated heterocycles. The molecule has 0 unspecified atom stereocenters. The summed E-state index contributed by atoms with van der Waals surface area (Å²) in [6.07, 6.45) is 3.45. The number of rotatable bonds is 4. The van der Waals surface area contributed by atoms with Crippen molar-refractivity contribution < 1.29 is 8.42 Å². The first kappa shape index (κ1) is 12.1. The van der Waals surface area contributed by atoms with Gasteiger partial charge in [-0.15, -0.1) is 0 Å². The highest BCUT2D eigenvalue weighted by Gasteiger charge is 2.08. The van der Waals surface area contributed by atoms with Gasteiger partial charge in [0, 0.05) is 12.4 Å². The van der Waals surface area contributed by atoms with E-state index in [0.717, 1.165) is 5.69 Å². The number of nitrogens with one attached hydrogen (secondary N) is 1. The number of benzene rings is 1. The highest BCUT2D eigenvalue weighted by molar-refractivity contribution is 9.10. The van der Waals surface area contributed by atoms with Crippen LogP contribution >= 0.6 is 15.9 Å². The Balaban J connectivity index is 2.30. The third-order valence-electron chi connectivity index (χ3n) is 2.03. The molecule has 17 heavy (non-hydrogen) atoms. The van der Waals surface area contributed by atoms with Crippen molar-refractivity contribution in [3.05, 3.63) is 42.7 Å². The van der Waals surface area contributed by atoms with E-state index >= 15 is 0 Å². The van der Waals surface area contributed by atoms with Crippen LogP contribution in [0.25, 0.3) is 5.69 Å². The molecule has 0 radical (unpaired) electrons. The molecule has 0 aliphatic carbocycles. The fourth-order valence-corrected chi connectivity index (χ4v) is 2.22. The van der Waals surface area contributed by atoms with Crippen LogP contribution in [0, 0.1) is 0 Å². The van der Waals surface area contributed by atoms with Crippen molar-refractivity contribution in [3.63, 3.8) is 0 Å².